The molecular weight excluding hydrogens is 354 g/mol. The molecule has 0 spiro atoms. The summed E-state index contributed by atoms with van der Waals surface area (Å²) in [6, 6.07) is 9.53. The van der Waals surface area contributed by atoms with Crippen LogP contribution in [0.5, 0.6) is 5.75 Å². The molecule has 7 heteroatoms. The van der Waals surface area contributed by atoms with Crippen LogP contribution in [0, 0.1) is 11.6 Å². The Morgan fingerprint density at radius 3 is 2.44 bits per heavy atom. The van der Waals surface area contributed by atoms with Crippen LogP contribution in [-0.2, 0) is 9.59 Å². The molecule has 138 valence electrons. The molecule has 0 bridgehead atoms. The summed E-state index contributed by atoms with van der Waals surface area (Å²) >= 11 is 0. The zero-order valence-corrected chi connectivity index (χ0v) is 14.4. The van der Waals surface area contributed by atoms with E-state index in [1.54, 1.807) is 6.08 Å². The van der Waals surface area contributed by atoms with E-state index in [1.165, 1.54) is 60.6 Å². The molecule has 3 rings (SSSR count). The van der Waals surface area contributed by atoms with E-state index in [0.717, 1.165) is 0 Å². The van der Waals surface area contributed by atoms with E-state index in [4.69, 9.17) is 4.74 Å². The van der Waals surface area contributed by atoms with Gasteiger partial charge in [-0.3, -0.25) is 9.59 Å². The number of carbonyl (C=O) groups excluding carboxylic acids is 2. The van der Waals surface area contributed by atoms with E-state index in [1.807, 2.05) is 0 Å². The van der Waals surface area contributed by atoms with Gasteiger partial charge in [-0.25, -0.2) is 8.78 Å². The van der Waals surface area contributed by atoms with Crippen LogP contribution in [0.4, 0.5) is 14.5 Å². The number of ether oxygens (including phenoxy) is 1. The second-order valence-corrected chi connectivity index (χ2v) is 5.74. The minimum atomic E-state index is -0.439. The van der Waals surface area contributed by atoms with Crippen LogP contribution in [0.2, 0.25) is 0 Å². The summed E-state index contributed by atoms with van der Waals surface area (Å²) in [6.07, 6.45) is 3.63. The summed E-state index contributed by atoms with van der Waals surface area (Å²) in [4.78, 5) is 25.1. The van der Waals surface area contributed by atoms with E-state index in [2.05, 4.69) is 5.32 Å². The second-order valence-electron chi connectivity index (χ2n) is 5.74. The highest BCUT2D eigenvalue weighted by Gasteiger charge is 2.29. The molecule has 0 aliphatic carbocycles. The lowest BCUT2D eigenvalue weighted by molar-refractivity contribution is -0.114. The van der Waals surface area contributed by atoms with E-state index < -0.39 is 11.6 Å². The largest absolute Gasteiger partial charge is 0.496 e. The molecule has 0 saturated carbocycles. The lowest BCUT2D eigenvalue weighted by Crippen LogP contribution is -2.27. The maximum absolute atomic E-state index is 13.3. The van der Waals surface area contributed by atoms with Gasteiger partial charge in [-0.1, -0.05) is 6.08 Å². The SMILES string of the molecule is COc1cc(F)ccc1/C=C\C1=C(NC=O)CN(c2ccc(F)cc2)C1=O. The summed E-state index contributed by atoms with van der Waals surface area (Å²) in [6.45, 7) is 0.142. The van der Waals surface area contributed by atoms with Crippen molar-refractivity contribution in [2.45, 2.75) is 0 Å². The normalized spacial score (nSPS) is 14.2. The number of nitrogens with one attached hydrogen (secondary N) is 1. The van der Waals surface area contributed by atoms with Crippen LogP contribution in [0.25, 0.3) is 6.08 Å². The maximum atomic E-state index is 13.3. The number of methoxy groups -OCH3 is 1. The second kappa shape index (κ2) is 7.82. The highest BCUT2D eigenvalue weighted by molar-refractivity contribution is 6.11. The van der Waals surface area contributed by atoms with Crippen molar-refractivity contribution in [2.75, 3.05) is 18.6 Å². The topological polar surface area (TPSA) is 58.6 Å². The highest BCUT2D eigenvalue weighted by Crippen LogP contribution is 2.27. The number of nitrogens with zero attached hydrogens (tertiary/aromatic N) is 1. The Morgan fingerprint density at radius 1 is 1.07 bits per heavy atom. The Hall–Kier alpha value is -3.48. The zero-order chi connectivity index (χ0) is 19.4. The van der Waals surface area contributed by atoms with Crippen molar-refractivity contribution in [3.63, 3.8) is 0 Å². The minimum absolute atomic E-state index is 0.142. The molecule has 1 N–H and O–H groups in total. The van der Waals surface area contributed by atoms with Crippen molar-refractivity contribution in [1.29, 1.82) is 0 Å². The maximum Gasteiger partial charge on any atom is 0.260 e. The molecule has 0 radical (unpaired) electrons. The molecule has 27 heavy (non-hydrogen) atoms. The molecule has 5 nitrogen and oxygen atoms in total. The van der Waals surface area contributed by atoms with Gasteiger partial charge in [0.2, 0.25) is 6.41 Å². The molecular formula is C20H16F2N2O3. The third-order valence-corrected chi connectivity index (χ3v) is 4.11. The van der Waals surface area contributed by atoms with E-state index >= 15 is 0 Å². The Kier molecular flexibility index (Phi) is 5.30. The van der Waals surface area contributed by atoms with Gasteiger partial charge in [-0.15, -0.1) is 0 Å². The standard InChI is InChI=1S/C20H16F2N2O3/c1-27-19-10-15(22)4-2-13(19)3-9-17-18(23-12-25)11-24(20(17)26)16-7-5-14(21)6-8-16/h2-10,12H,11H2,1H3,(H,23,25)/b9-3-. The number of hydrogen-bond donors (Lipinski definition) is 1. The summed E-state index contributed by atoms with van der Waals surface area (Å²) in [5, 5.41) is 2.53. The van der Waals surface area contributed by atoms with Gasteiger partial charge < -0.3 is 15.0 Å². The van der Waals surface area contributed by atoms with Gasteiger partial charge in [0.15, 0.2) is 0 Å². The Morgan fingerprint density at radius 2 is 1.78 bits per heavy atom. The molecule has 0 saturated heterocycles. The van der Waals surface area contributed by atoms with E-state index in [-0.39, 0.29) is 18.0 Å². The molecule has 2 amide bonds. The number of rotatable bonds is 6. The summed E-state index contributed by atoms with van der Waals surface area (Å²) < 4.78 is 31.6. The Bertz CT molecular complexity index is 937. The van der Waals surface area contributed by atoms with Crippen LogP contribution in [0.15, 0.2) is 59.8 Å². The van der Waals surface area contributed by atoms with Crippen molar-refractivity contribution < 1.29 is 23.1 Å². The monoisotopic (exact) mass is 370 g/mol. The summed E-state index contributed by atoms with van der Waals surface area (Å²) in [5.41, 5.74) is 1.77. The van der Waals surface area contributed by atoms with Gasteiger partial charge in [0.1, 0.15) is 17.4 Å². The molecule has 0 atom stereocenters. The highest BCUT2D eigenvalue weighted by atomic mass is 19.1. The average Bonchev–Trinajstić information content (AvgIpc) is 2.97. The van der Waals surface area contributed by atoms with E-state index in [9.17, 15) is 18.4 Å². The molecule has 1 aliphatic rings. The zero-order valence-electron chi connectivity index (χ0n) is 14.4. The predicted molar refractivity (Wildman–Crippen MR) is 97.0 cm³/mol. The summed E-state index contributed by atoms with van der Waals surface area (Å²) in [5.74, 6) is -0.875. The average molecular weight is 370 g/mol. The van der Waals surface area contributed by atoms with Gasteiger partial charge in [0.05, 0.1) is 24.9 Å². The number of amides is 2. The minimum Gasteiger partial charge on any atom is -0.496 e. The number of anilines is 1. The van der Waals surface area contributed by atoms with Crippen molar-refractivity contribution in [2.24, 2.45) is 0 Å². The number of benzene rings is 2. The first-order valence-electron chi connectivity index (χ1n) is 8.06. The van der Waals surface area contributed by atoms with Crippen molar-refractivity contribution in [1.82, 2.24) is 5.32 Å². The van der Waals surface area contributed by atoms with Crippen LogP contribution in [-0.4, -0.2) is 26.0 Å². The van der Waals surface area contributed by atoms with Gasteiger partial charge in [0, 0.05) is 17.3 Å². The lowest BCUT2D eigenvalue weighted by Gasteiger charge is -2.16. The van der Waals surface area contributed by atoms with Crippen LogP contribution in [0.3, 0.4) is 0 Å². The van der Waals surface area contributed by atoms with Gasteiger partial charge >= 0.3 is 0 Å². The van der Waals surface area contributed by atoms with Crippen molar-refractivity contribution in [3.8, 4) is 5.75 Å². The molecule has 1 heterocycles. The fourth-order valence-electron chi connectivity index (χ4n) is 2.78. The van der Waals surface area contributed by atoms with Crippen molar-refractivity contribution in [3.05, 3.63) is 77.0 Å². The molecule has 2 aromatic rings. The van der Waals surface area contributed by atoms with Gasteiger partial charge in [0.25, 0.3) is 5.91 Å². The predicted octanol–water partition coefficient (Wildman–Crippen LogP) is 3.03. The van der Waals surface area contributed by atoms with Gasteiger partial charge in [-0.05, 0) is 42.5 Å². The first-order chi connectivity index (χ1) is 13.0. The van der Waals surface area contributed by atoms with Crippen molar-refractivity contribution >= 4 is 24.1 Å². The first-order valence-corrected chi connectivity index (χ1v) is 8.06. The molecule has 1 aliphatic heterocycles. The molecule has 2 aromatic carbocycles. The number of carbonyl (C=O) groups is 2. The lowest BCUT2D eigenvalue weighted by atomic mass is 10.1. The quantitative estimate of drug-likeness (QED) is 0.796. The number of halogens is 2. The molecule has 0 aromatic heterocycles. The Balaban J connectivity index is 1.91. The molecule has 0 fully saturated rings. The number of hydrogen-bond acceptors (Lipinski definition) is 3. The van der Waals surface area contributed by atoms with Crippen LogP contribution >= 0.6 is 0 Å². The Labute approximate surface area is 154 Å². The third-order valence-electron chi connectivity index (χ3n) is 4.11. The summed E-state index contributed by atoms with van der Waals surface area (Å²) in [7, 11) is 1.42. The van der Waals surface area contributed by atoms with Crippen LogP contribution < -0.4 is 15.0 Å². The van der Waals surface area contributed by atoms with Gasteiger partial charge in [-0.2, -0.15) is 0 Å². The third kappa shape index (κ3) is 3.87. The fourth-order valence-corrected chi connectivity index (χ4v) is 2.78. The smallest absolute Gasteiger partial charge is 0.260 e. The van der Waals surface area contributed by atoms with Crippen LogP contribution in [0.1, 0.15) is 5.56 Å². The first kappa shape index (κ1) is 18.3. The molecule has 0 unspecified atom stereocenters. The fraction of sp³-hybridized carbons (Fsp3) is 0.100. The van der Waals surface area contributed by atoms with E-state index in [0.29, 0.717) is 29.1 Å².